The summed E-state index contributed by atoms with van der Waals surface area (Å²) in [5.74, 6) is 1.72. The summed E-state index contributed by atoms with van der Waals surface area (Å²) < 4.78 is 0. The molecule has 1 aliphatic rings. The Morgan fingerprint density at radius 3 is 2.94 bits per heavy atom. The van der Waals surface area contributed by atoms with E-state index in [1.54, 1.807) is 6.20 Å². The summed E-state index contributed by atoms with van der Waals surface area (Å²) in [7, 11) is 0. The number of halogens is 1. The number of hydrogen-bond donors (Lipinski definition) is 1. The molecule has 4 nitrogen and oxygen atoms in total. The lowest BCUT2D eigenvalue weighted by Crippen LogP contribution is -2.41. The first-order valence-corrected chi connectivity index (χ1v) is 6.00. The van der Waals surface area contributed by atoms with Crippen LogP contribution < -0.4 is 10.6 Å². The zero-order valence-electron chi connectivity index (χ0n) is 9.65. The van der Waals surface area contributed by atoms with Gasteiger partial charge >= 0.3 is 0 Å². The van der Waals surface area contributed by atoms with Gasteiger partial charge in [0.1, 0.15) is 5.02 Å². The molecular weight excluding hydrogens is 224 g/mol. The predicted molar refractivity (Wildman–Crippen MR) is 66.7 cm³/mol. The molecule has 0 aromatic carbocycles. The van der Waals surface area contributed by atoms with Crippen molar-refractivity contribution in [3.8, 4) is 0 Å². The van der Waals surface area contributed by atoms with E-state index in [9.17, 15) is 0 Å². The van der Waals surface area contributed by atoms with Crippen molar-refractivity contribution in [2.45, 2.75) is 32.7 Å². The Hall–Kier alpha value is -1.03. The van der Waals surface area contributed by atoms with Crippen LogP contribution in [0, 0.1) is 5.92 Å². The van der Waals surface area contributed by atoms with E-state index >= 15 is 0 Å². The topological polar surface area (TPSA) is 55.0 Å². The third-order valence-electron chi connectivity index (χ3n) is 3.13. The molecule has 16 heavy (non-hydrogen) atoms. The van der Waals surface area contributed by atoms with Gasteiger partial charge in [-0.2, -0.15) is 4.98 Å². The first-order chi connectivity index (χ1) is 7.58. The van der Waals surface area contributed by atoms with Crippen LogP contribution in [0.2, 0.25) is 5.02 Å². The van der Waals surface area contributed by atoms with E-state index in [0.29, 0.717) is 17.0 Å². The molecule has 2 N–H and O–H groups in total. The fourth-order valence-corrected chi connectivity index (χ4v) is 2.36. The van der Waals surface area contributed by atoms with E-state index in [1.165, 1.54) is 12.8 Å². The molecule has 2 atom stereocenters. The van der Waals surface area contributed by atoms with Crippen molar-refractivity contribution in [2.24, 2.45) is 5.92 Å². The Morgan fingerprint density at radius 1 is 1.44 bits per heavy atom. The smallest absolute Gasteiger partial charge is 0.222 e. The van der Waals surface area contributed by atoms with Crippen LogP contribution in [0.15, 0.2) is 6.20 Å². The average molecular weight is 241 g/mol. The number of piperidine rings is 1. The van der Waals surface area contributed by atoms with Gasteiger partial charge in [0.2, 0.25) is 5.95 Å². The summed E-state index contributed by atoms with van der Waals surface area (Å²) in [5, 5.41) is 0.579. The van der Waals surface area contributed by atoms with Gasteiger partial charge in [-0.3, -0.25) is 0 Å². The summed E-state index contributed by atoms with van der Waals surface area (Å²) in [4.78, 5) is 10.4. The van der Waals surface area contributed by atoms with Gasteiger partial charge < -0.3 is 10.6 Å². The SMILES string of the molecule is CC1CCC(C)N(c2nc(N)ncc2Cl)C1. The molecule has 0 bridgehead atoms. The molecule has 0 saturated carbocycles. The summed E-state index contributed by atoms with van der Waals surface area (Å²) >= 11 is 6.12. The number of aromatic nitrogens is 2. The van der Waals surface area contributed by atoms with Gasteiger partial charge in [-0.15, -0.1) is 0 Å². The average Bonchev–Trinajstić information content (AvgIpc) is 2.25. The normalized spacial score (nSPS) is 25.8. The number of rotatable bonds is 1. The van der Waals surface area contributed by atoms with E-state index in [2.05, 4.69) is 28.7 Å². The van der Waals surface area contributed by atoms with E-state index in [1.807, 2.05) is 0 Å². The van der Waals surface area contributed by atoms with Crippen LogP contribution in [0.4, 0.5) is 11.8 Å². The molecule has 1 saturated heterocycles. The third-order valence-corrected chi connectivity index (χ3v) is 3.40. The Morgan fingerprint density at radius 2 is 2.19 bits per heavy atom. The van der Waals surface area contributed by atoms with Crippen LogP contribution in [0.3, 0.4) is 0 Å². The summed E-state index contributed by atoms with van der Waals surface area (Å²) in [5.41, 5.74) is 5.61. The first kappa shape index (κ1) is 11.5. The molecule has 5 heteroatoms. The minimum atomic E-state index is 0.282. The van der Waals surface area contributed by atoms with Crippen LogP contribution in [-0.2, 0) is 0 Å². The van der Waals surface area contributed by atoms with Gasteiger partial charge in [-0.05, 0) is 25.7 Å². The Kier molecular flexibility index (Phi) is 3.19. The molecule has 0 spiro atoms. The van der Waals surface area contributed by atoms with Crippen molar-refractivity contribution in [2.75, 3.05) is 17.2 Å². The highest BCUT2D eigenvalue weighted by atomic mass is 35.5. The predicted octanol–water partition coefficient (Wildman–Crippen LogP) is 2.34. The second kappa shape index (κ2) is 4.45. The monoisotopic (exact) mass is 240 g/mol. The van der Waals surface area contributed by atoms with Crippen LogP contribution in [0.25, 0.3) is 0 Å². The molecule has 1 aromatic rings. The van der Waals surface area contributed by atoms with Gasteiger partial charge in [0.25, 0.3) is 0 Å². The fourth-order valence-electron chi connectivity index (χ4n) is 2.16. The van der Waals surface area contributed by atoms with E-state index in [-0.39, 0.29) is 5.95 Å². The van der Waals surface area contributed by atoms with Crippen LogP contribution in [-0.4, -0.2) is 22.6 Å². The van der Waals surface area contributed by atoms with Gasteiger partial charge in [-0.1, -0.05) is 18.5 Å². The van der Waals surface area contributed by atoms with Crippen molar-refractivity contribution in [3.05, 3.63) is 11.2 Å². The summed E-state index contributed by atoms with van der Waals surface area (Å²) in [6, 6.07) is 0.461. The first-order valence-electron chi connectivity index (χ1n) is 5.62. The lowest BCUT2D eigenvalue weighted by Gasteiger charge is -2.38. The van der Waals surface area contributed by atoms with Gasteiger partial charge in [0.15, 0.2) is 5.82 Å². The molecule has 0 amide bonds. The highest BCUT2D eigenvalue weighted by molar-refractivity contribution is 6.32. The van der Waals surface area contributed by atoms with E-state index in [4.69, 9.17) is 17.3 Å². The standard InChI is InChI=1S/C11H17ClN4/c1-7-3-4-8(2)16(6-7)10-9(12)5-14-11(13)15-10/h5,7-8H,3-4,6H2,1-2H3,(H2,13,14,15). The Labute approximate surface area is 101 Å². The van der Waals surface area contributed by atoms with E-state index in [0.717, 1.165) is 12.4 Å². The van der Waals surface area contributed by atoms with Crippen LogP contribution >= 0.6 is 11.6 Å². The second-order valence-electron chi connectivity index (χ2n) is 4.58. The maximum Gasteiger partial charge on any atom is 0.222 e. The summed E-state index contributed by atoms with van der Waals surface area (Å²) in [6.07, 6.45) is 4.00. The summed E-state index contributed by atoms with van der Waals surface area (Å²) in [6.45, 7) is 5.43. The maximum absolute atomic E-state index is 6.12. The number of hydrogen-bond acceptors (Lipinski definition) is 4. The molecule has 1 aromatic heterocycles. The van der Waals surface area contributed by atoms with Gasteiger partial charge in [-0.25, -0.2) is 4.98 Å². The molecule has 0 radical (unpaired) electrons. The van der Waals surface area contributed by atoms with Crippen molar-refractivity contribution >= 4 is 23.4 Å². The number of nitrogens with zero attached hydrogens (tertiary/aromatic N) is 3. The lowest BCUT2D eigenvalue weighted by molar-refractivity contribution is 0.388. The molecule has 1 fully saturated rings. The number of nitrogens with two attached hydrogens (primary N) is 1. The Balaban J connectivity index is 2.30. The highest BCUT2D eigenvalue weighted by Crippen LogP contribution is 2.30. The van der Waals surface area contributed by atoms with Crippen molar-refractivity contribution in [1.82, 2.24) is 9.97 Å². The number of anilines is 2. The van der Waals surface area contributed by atoms with Gasteiger partial charge in [0, 0.05) is 12.6 Å². The molecular formula is C11H17ClN4. The molecule has 2 heterocycles. The molecule has 2 rings (SSSR count). The molecule has 0 aliphatic carbocycles. The Bertz CT molecular complexity index is 382. The highest BCUT2D eigenvalue weighted by Gasteiger charge is 2.25. The number of nitrogen functional groups attached to an aromatic ring is 1. The minimum Gasteiger partial charge on any atom is -0.368 e. The molecule has 2 unspecified atom stereocenters. The molecule has 1 aliphatic heterocycles. The fraction of sp³-hybridized carbons (Fsp3) is 0.636. The second-order valence-corrected chi connectivity index (χ2v) is 4.99. The third kappa shape index (κ3) is 2.21. The minimum absolute atomic E-state index is 0.282. The quantitative estimate of drug-likeness (QED) is 0.819. The zero-order chi connectivity index (χ0) is 11.7. The van der Waals surface area contributed by atoms with Crippen molar-refractivity contribution in [1.29, 1.82) is 0 Å². The largest absolute Gasteiger partial charge is 0.368 e. The van der Waals surface area contributed by atoms with Crippen molar-refractivity contribution in [3.63, 3.8) is 0 Å². The molecule has 88 valence electrons. The lowest BCUT2D eigenvalue weighted by atomic mass is 9.95. The van der Waals surface area contributed by atoms with Gasteiger partial charge in [0.05, 0.1) is 6.20 Å². The van der Waals surface area contributed by atoms with Crippen molar-refractivity contribution < 1.29 is 0 Å². The van der Waals surface area contributed by atoms with E-state index < -0.39 is 0 Å². The maximum atomic E-state index is 6.12. The van der Waals surface area contributed by atoms with Crippen LogP contribution in [0.1, 0.15) is 26.7 Å². The van der Waals surface area contributed by atoms with Crippen LogP contribution in [0.5, 0.6) is 0 Å². The zero-order valence-corrected chi connectivity index (χ0v) is 10.4.